The van der Waals surface area contributed by atoms with E-state index in [2.05, 4.69) is 0 Å². The molecule has 0 atom stereocenters. The Morgan fingerprint density at radius 2 is 1.80 bits per heavy atom. The standard InChI is InChI=1S/C13H16F3N3O/c1-9-8-10(17)2-3-11(9)18-4-6-19(7-5-18)12(20)13(14,15)16/h2-3,8H,4-7,17H2,1H3. The molecule has 0 bridgehead atoms. The zero-order chi connectivity index (χ0) is 14.9. The molecule has 1 aliphatic heterocycles. The van der Waals surface area contributed by atoms with E-state index in [4.69, 9.17) is 5.73 Å². The van der Waals surface area contributed by atoms with Crippen molar-refractivity contribution in [1.29, 1.82) is 0 Å². The van der Waals surface area contributed by atoms with Crippen molar-refractivity contribution in [3.63, 3.8) is 0 Å². The Labute approximate surface area is 114 Å². The van der Waals surface area contributed by atoms with Gasteiger partial charge in [0.2, 0.25) is 0 Å². The molecular weight excluding hydrogens is 271 g/mol. The number of nitrogen functional groups attached to an aromatic ring is 1. The third kappa shape index (κ3) is 2.97. The van der Waals surface area contributed by atoms with Crippen LogP contribution in [0.2, 0.25) is 0 Å². The third-order valence-corrected chi connectivity index (χ3v) is 3.37. The molecule has 20 heavy (non-hydrogen) atoms. The lowest BCUT2D eigenvalue weighted by Gasteiger charge is -2.37. The van der Waals surface area contributed by atoms with Gasteiger partial charge in [0.05, 0.1) is 0 Å². The average Bonchev–Trinajstić information content (AvgIpc) is 2.37. The van der Waals surface area contributed by atoms with Crippen LogP contribution in [-0.2, 0) is 4.79 Å². The Bertz CT molecular complexity index is 508. The first-order valence-corrected chi connectivity index (χ1v) is 6.26. The minimum Gasteiger partial charge on any atom is -0.399 e. The van der Waals surface area contributed by atoms with Crippen LogP contribution in [0.5, 0.6) is 0 Å². The normalized spacial score (nSPS) is 16.4. The van der Waals surface area contributed by atoms with Crippen LogP contribution in [-0.4, -0.2) is 43.2 Å². The van der Waals surface area contributed by atoms with Crippen LogP contribution < -0.4 is 10.6 Å². The molecule has 0 spiro atoms. The SMILES string of the molecule is Cc1cc(N)ccc1N1CCN(C(=O)C(F)(F)F)CC1. The summed E-state index contributed by atoms with van der Waals surface area (Å²) < 4.78 is 37.0. The zero-order valence-corrected chi connectivity index (χ0v) is 11.1. The number of carbonyl (C=O) groups is 1. The van der Waals surface area contributed by atoms with Gasteiger partial charge in [-0.15, -0.1) is 0 Å². The number of nitrogens with two attached hydrogens (primary N) is 1. The van der Waals surface area contributed by atoms with Crippen LogP contribution in [0.1, 0.15) is 5.56 Å². The Morgan fingerprint density at radius 1 is 1.20 bits per heavy atom. The average molecular weight is 287 g/mol. The van der Waals surface area contributed by atoms with Crippen molar-refractivity contribution in [2.45, 2.75) is 13.1 Å². The lowest BCUT2D eigenvalue weighted by Crippen LogP contribution is -2.52. The number of piperazine rings is 1. The monoisotopic (exact) mass is 287 g/mol. The van der Waals surface area contributed by atoms with E-state index in [0.29, 0.717) is 18.8 Å². The van der Waals surface area contributed by atoms with Gasteiger partial charge in [-0.05, 0) is 30.7 Å². The number of carbonyl (C=O) groups excluding carboxylic acids is 1. The molecule has 0 aliphatic carbocycles. The maximum Gasteiger partial charge on any atom is 0.471 e. The summed E-state index contributed by atoms with van der Waals surface area (Å²) in [5, 5.41) is 0. The third-order valence-electron chi connectivity index (χ3n) is 3.37. The summed E-state index contributed by atoms with van der Waals surface area (Å²) in [5.41, 5.74) is 8.24. The number of rotatable bonds is 1. The van der Waals surface area contributed by atoms with Crippen molar-refractivity contribution in [2.75, 3.05) is 36.8 Å². The maximum absolute atomic E-state index is 12.3. The summed E-state index contributed by atoms with van der Waals surface area (Å²) in [6.07, 6.45) is -4.79. The van der Waals surface area contributed by atoms with Gasteiger partial charge in [-0.1, -0.05) is 0 Å². The first kappa shape index (κ1) is 14.5. The molecule has 1 saturated heterocycles. The number of hydrogen-bond donors (Lipinski definition) is 1. The van der Waals surface area contributed by atoms with Gasteiger partial charge in [-0.25, -0.2) is 0 Å². The highest BCUT2D eigenvalue weighted by Gasteiger charge is 2.43. The predicted molar refractivity (Wildman–Crippen MR) is 70.4 cm³/mol. The van der Waals surface area contributed by atoms with Crippen molar-refractivity contribution < 1.29 is 18.0 Å². The number of alkyl halides is 3. The van der Waals surface area contributed by atoms with Crippen molar-refractivity contribution in [1.82, 2.24) is 4.90 Å². The molecule has 1 aromatic rings. The second kappa shape index (κ2) is 5.22. The Hall–Kier alpha value is -1.92. The summed E-state index contributed by atoms with van der Waals surface area (Å²) in [7, 11) is 0. The molecule has 0 saturated carbocycles. The molecule has 110 valence electrons. The zero-order valence-electron chi connectivity index (χ0n) is 11.1. The summed E-state index contributed by atoms with van der Waals surface area (Å²) in [6, 6.07) is 5.43. The smallest absolute Gasteiger partial charge is 0.399 e. The van der Waals surface area contributed by atoms with Gasteiger partial charge in [-0.2, -0.15) is 13.2 Å². The Balaban J connectivity index is 2.03. The van der Waals surface area contributed by atoms with E-state index in [1.165, 1.54) is 0 Å². The summed E-state index contributed by atoms with van der Waals surface area (Å²) in [6.45, 7) is 2.81. The molecule has 2 N–H and O–H groups in total. The minimum absolute atomic E-state index is 0.0716. The highest BCUT2D eigenvalue weighted by atomic mass is 19.4. The van der Waals surface area contributed by atoms with Crippen molar-refractivity contribution in [3.05, 3.63) is 23.8 Å². The highest BCUT2D eigenvalue weighted by molar-refractivity contribution is 5.82. The fourth-order valence-corrected chi connectivity index (χ4v) is 2.36. The van der Waals surface area contributed by atoms with Crippen LogP contribution in [0, 0.1) is 6.92 Å². The van der Waals surface area contributed by atoms with Gasteiger partial charge in [0, 0.05) is 37.6 Å². The molecule has 0 aromatic heterocycles. The molecule has 1 heterocycles. The fraction of sp³-hybridized carbons (Fsp3) is 0.462. The summed E-state index contributed by atoms with van der Waals surface area (Å²) in [4.78, 5) is 14.0. The van der Waals surface area contributed by atoms with E-state index in [1.807, 2.05) is 24.0 Å². The summed E-state index contributed by atoms with van der Waals surface area (Å²) >= 11 is 0. The quantitative estimate of drug-likeness (QED) is 0.801. The van der Waals surface area contributed by atoms with Crippen molar-refractivity contribution in [3.8, 4) is 0 Å². The maximum atomic E-state index is 12.3. The number of amides is 1. The number of nitrogens with zero attached hydrogens (tertiary/aromatic N) is 2. The summed E-state index contributed by atoms with van der Waals surface area (Å²) in [5.74, 6) is -1.76. The Morgan fingerprint density at radius 3 is 2.30 bits per heavy atom. The number of aryl methyl sites for hydroxylation is 1. The van der Waals surface area contributed by atoms with E-state index in [1.54, 1.807) is 6.07 Å². The van der Waals surface area contributed by atoms with E-state index in [-0.39, 0.29) is 13.1 Å². The van der Waals surface area contributed by atoms with Crippen LogP contribution in [0.3, 0.4) is 0 Å². The molecule has 1 fully saturated rings. The van der Waals surface area contributed by atoms with E-state index in [0.717, 1.165) is 16.2 Å². The first-order valence-electron chi connectivity index (χ1n) is 6.26. The molecule has 1 aromatic carbocycles. The van der Waals surface area contributed by atoms with Gasteiger partial charge in [0.15, 0.2) is 0 Å². The molecule has 4 nitrogen and oxygen atoms in total. The molecule has 2 rings (SSSR count). The van der Waals surface area contributed by atoms with Gasteiger partial charge >= 0.3 is 12.1 Å². The molecule has 0 unspecified atom stereocenters. The van der Waals surface area contributed by atoms with E-state index >= 15 is 0 Å². The second-order valence-electron chi connectivity index (χ2n) is 4.82. The van der Waals surface area contributed by atoms with Crippen LogP contribution >= 0.6 is 0 Å². The van der Waals surface area contributed by atoms with Gasteiger partial charge in [0.25, 0.3) is 0 Å². The lowest BCUT2D eigenvalue weighted by molar-refractivity contribution is -0.185. The van der Waals surface area contributed by atoms with Crippen molar-refractivity contribution in [2.24, 2.45) is 0 Å². The largest absolute Gasteiger partial charge is 0.471 e. The van der Waals surface area contributed by atoms with Crippen molar-refractivity contribution >= 4 is 17.3 Å². The fourth-order valence-electron chi connectivity index (χ4n) is 2.36. The lowest BCUT2D eigenvalue weighted by atomic mass is 10.1. The second-order valence-corrected chi connectivity index (χ2v) is 4.82. The minimum atomic E-state index is -4.79. The highest BCUT2D eigenvalue weighted by Crippen LogP contribution is 2.25. The topological polar surface area (TPSA) is 49.6 Å². The van der Waals surface area contributed by atoms with Crippen LogP contribution in [0.15, 0.2) is 18.2 Å². The molecule has 7 heteroatoms. The number of benzene rings is 1. The predicted octanol–water partition coefficient (Wildman–Crippen LogP) is 1.79. The van der Waals surface area contributed by atoms with E-state index < -0.39 is 12.1 Å². The first-order chi connectivity index (χ1) is 9.29. The molecule has 1 amide bonds. The van der Waals surface area contributed by atoms with Crippen LogP contribution in [0.4, 0.5) is 24.5 Å². The number of halogens is 3. The van der Waals surface area contributed by atoms with E-state index in [9.17, 15) is 18.0 Å². The van der Waals surface area contributed by atoms with Gasteiger partial charge < -0.3 is 15.5 Å². The molecule has 0 radical (unpaired) electrons. The number of hydrogen-bond acceptors (Lipinski definition) is 3. The van der Waals surface area contributed by atoms with Gasteiger partial charge in [-0.3, -0.25) is 4.79 Å². The Kier molecular flexibility index (Phi) is 3.78. The van der Waals surface area contributed by atoms with Crippen LogP contribution in [0.25, 0.3) is 0 Å². The number of anilines is 2. The molecular formula is C13H16F3N3O. The molecule has 1 aliphatic rings. The van der Waals surface area contributed by atoms with Gasteiger partial charge in [0.1, 0.15) is 0 Å².